The molecule has 0 bridgehead atoms. The van der Waals surface area contributed by atoms with Crippen LogP contribution in [0.15, 0.2) is 18.2 Å². The van der Waals surface area contributed by atoms with Crippen LogP contribution < -0.4 is 10.2 Å². The maximum atomic E-state index is 9.25. The van der Waals surface area contributed by atoms with Gasteiger partial charge < -0.3 is 10.2 Å². The van der Waals surface area contributed by atoms with Crippen LogP contribution >= 0.6 is 0 Å². The molecule has 2 aliphatic heterocycles. The van der Waals surface area contributed by atoms with Gasteiger partial charge in [-0.05, 0) is 30.9 Å². The van der Waals surface area contributed by atoms with E-state index in [2.05, 4.69) is 29.3 Å². The zero-order valence-electron chi connectivity index (χ0n) is 10.1. The van der Waals surface area contributed by atoms with Gasteiger partial charge in [0.25, 0.3) is 0 Å². The summed E-state index contributed by atoms with van der Waals surface area (Å²) in [6, 6.07) is 8.92. The lowest BCUT2D eigenvalue weighted by Gasteiger charge is -2.28. The summed E-state index contributed by atoms with van der Waals surface area (Å²) in [5.74, 6) is 0.765. The Bertz CT molecular complexity index is 475. The van der Waals surface area contributed by atoms with Crippen molar-refractivity contribution in [2.45, 2.75) is 19.4 Å². The standard InChI is InChI=1S/C14H17N3/c1-10-3-2-4-11(7-15)14(10)17-6-5-12-8-16-9-13(12)17/h2-4,12-13,16H,5-6,8-9H2,1H3/t12-,13+/m0/s1. The van der Waals surface area contributed by atoms with Gasteiger partial charge >= 0.3 is 0 Å². The van der Waals surface area contributed by atoms with E-state index in [1.807, 2.05) is 12.1 Å². The van der Waals surface area contributed by atoms with Crippen LogP contribution in [0, 0.1) is 24.2 Å². The zero-order chi connectivity index (χ0) is 11.8. The number of aryl methyl sites for hydroxylation is 1. The molecule has 2 saturated heterocycles. The molecule has 17 heavy (non-hydrogen) atoms. The van der Waals surface area contributed by atoms with Crippen LogP contribution in [0.3, 0.4) is 0 Å². The number of hydrogen-bond donors (Lipinski definition) is 1. The summed E-state index contributed by atoms with van der Waals surface area (Å²) in [6.07, 6.45) is 1.25. The molecule has 0 aromatic heterocycles. The van der Waals surface area contributed by atoms with Crippen molar-refractivity contribution in [1.82, 2.24) is 5.32 Å². The summed E-state index contributed by atoms with van der Waals surface area (Å²) in [6.45, 7) is 5.39. The summed E-state index contributed by atoms with van der Waals surface area (Å²) in [4.78, 5) is 2.44. The highest BCUT2D eigenvalue weighted by Crippen LogP contribution is 2.35. The molecule has 2 atom stereocenters. The summed E-state index contributed by atoms with van der Waals surface area (Å²) < 4.78 is 0. The van der Waals surface area contributed by atoms with Crippen LogP contribution in [0.2, 0.25) is 0 Å². The van der Waals surface area contributed by atoms with Gasteiger partial charge in [0.15, 0.2) is 0 Å². The van der Waals surface area contributed by atoms with Crippen molar-refractivity contribution >= 4 is 5.69 Å². The quantitative estimate of drug-likeness (QED) is 0.793. The van der Waals surface area contributed by atoms with E-state index >= 15 is 0 Å². The van der Waals surface area contributed by atoms with Crippen molar-refractivity contribution in [2.24, 2.45) is 5.92 Å². The van der Waals surface area contributed by atoms with Crippen molar-refractivity contribution in [3.8, 4) is 6.07 Å². The fraction of sp³-hybridized carbons (Fsp3) is 0.500. The molecule has 0 saturated carbocycles. The third-order valence-corrected chi connectivity index (χ3v) is 4.09. The van der Waals surface area contributed by atoms with Crippen LogP contribution in [-0.4, -0.2) is 25.7 Å². The minimum Gasteiger partial charge on any atom is -0.366 e. The van der Waals surface area contributed by atoms with Gasteiger partial charge in [-0.3, -0.25) is 0 Å². The van der Waals surface area contributed by atoms with E-state index in [9.17, 15) is 5.26 Å². The molecule has 0 spiro atoms. The first-order chi connectivity index (χ1) is 8.31. The number of fused-ring (bicyclic) bond motifs is 1. The Hall–Kier alpha value is -1.53. The molecule has 1 aromatic rings. The molecular weight excluding hydrogens is 210 g/mol. The third kappa shape index (κ3) is 1.60. The van der Waals surface area contributed by atoms with E-state index in [0.717, 1.165) is 36.8 Å². The lowest BCUT2D eigenvalue weighted by Crippen LogP contribution is -2.35. The predicted octanol–water partition coefficient (Wildman–Crippen LogP) is 1.66. The summed E-state index contributed by atoms with van der Waals surface area (Å²) in [5.41, 5.74) is 3.19. The molecule has 0 radical (unpaired) electrons. The van der Waals surface area contributed by atoms with Crippen LogP contribution in [0.25, 0.3) is 0 Å². The summed E-state index contributed by atoms with van der Waals surface area (Å²) in [7, 11) is 0. The summed E-state index contributed by atoms with van der Waals surface area (Å²) >= 11 is 0. The number of nitriles is 1. The number of nitrogens with zero attached hydrogens (tertiary/aromatic N) is 2. The number of para-hydroxylation sites is 1. The van der Waals surface area contributed by atoms with Gasteiger partial charge in [0.2, 0.25) is 0 Å². The third-order valence-electron chi connectivity index (χ3n) is 4.09. The summed E-state index contributed by atoms with van der Waals surface area (Å²) in [5, 5.41) is 12.7. The van der Waals surface area contributed by atoms with Crippen LogP contribution in [0.4, 0.5) is 5.69 Å². The van der Waals surface area contributed by atoms with Gasteiger partial charge in [0.05, 0.1) is 11.3 Å². The molecule has 0 amide bonds. The van der Waals surface area contributed by atoms with E-state index in [4.69, 9.17) is 0 Å². The lowest BCUT2D eigenvalue weighted by atomic mass is 10.0. The minimum atomic E-state index is 0.586. The van der Waals surface area contributed by atoms with Crippen molar-refractivity contribution < 1.29 is 0 Å². The Morgan fingerprint density at radius 1 is 1.41 bits per heavy atom. The monoisotopic (exact) mass is 227 g/mol. The molecule has 2 heterocycles. The molecule has 3 rings (SSSR count). The first-order valence-electron chi connectivity index (χ1n) is 6.28. The maximum Gasteiger partial charge on any atom is 0.101 e. The van der Waals surface area contributed by atoms with Crippen molar-refractivity contribution in [1.29, 1.82) is 5.26 Å². The SMILES string of the molecule is Cc1cccc(C#N)c1N1CC[C@H]2CNC[C@H]21. The molecular formula is C14H17N3. The Morgan fingerprint density at radius 2 is 2.29 bits per heavy atom. The maximum absolute atomic E-state index is 9.25. The van der Waals surface area contributed by atoms with Crippen LogP contribution in [0.1, 0.15) is 17.5 Å². The van der Waals surface area contributed by atoms with Gasteiger partial charge in [-0.15, -0.1) is 0 Å². The van der Waals surface area contributed by atoms with Crippen LogP contribution in [-0.2, 0) is 0 Å². The van der Waals surface area contributed by atoms with Gasteiger partial charge in [0, 0.05) is 25.7 Å². The number of hydrogen-bond acceptors (Lipinski definition) is 3. The van der Waals surface area contributed by atoms with E-state index in [0.29, 0.717) is 6.04 Å². The topological polar surface area (TPSA) is 39.1 Å². The molecule has 1 N–H and O–H groups in total. The second-order valence-electron chi connectivity index (χ2n) is 5.05. The number of benzene rings is 1. The Kier molecular flexibility index (Phi) is 2.53. The van der Waals surface area contributed by atoms with E-state index < -0.39 is 0 Å². The minimum absolute atomic E-state index is 0.586. The van der Waals surface area contributed by atoms with Crippen molar-refractivity contribution in [3.05, 3.63) is 29.3 Å². The van der Waals surface area contributed by atoms with E-state index in [1.54, 1.807) is 0 Å². The van der Waals surface area contributed by atoms with Crippen LogP contribution in [0.5, 0.6) is 0 Å². The Labute approximate surface area is 102 Å². The number of anilines is 1. The van der Waals surface area contributed by atoms with Gasteiger partial charge in [-0.25, -0.2) is 0 Å². The smallest absolute Gasteiger partial charge is 0.101 e. The van der Waals surface area contributed by atoms with Crippen molar-refractivity contribution in [2.75, 3.05) is 24.5 Å². The molecule has 1 aromatic carbocycles. The van der Waals surface area contributed by atoms with Gasteiger partial charge in [-0.1, -0.05) is 12.1 Å². The largest absolute Gasteiger partial charge is 0.366 e. The highest BCUT2D eigenvalue weighted by molar-refractivity contribution is 5.65. The molecule has 0 aliphatic carbocycles. The molecule has 2 fully saturated rings. The highest BCUT2D eigenvalue weighted by atomic mass is 15.2. The first kappa shape index (κ1) is 10.6. The zero-order valence-corrected chi connectivity index (χ0v) is 10.1. The molecule has 3 heteroatoms. The molecule has 88 valence electrons. The Morgan fingerprint density at radius 3 is 3.12 bits per heavy atom. The molecule has 0 unspecified atom stereocenters. The average Bonchev–Trinajstić information content (AvgIpc) is 2.91. The first-order valence-corrected chi connectivity index (χ1v) is 6.28. The predicted molar refractivity (Wildman–Crippen MR) is 68.0 cm³/mol. The fourth-order valence-electron chi connectivity index (χ4n) is 3.26. The van der Waals surface area contributed by atoms with E-state index in [-0.39, 0.29) is 0 Å². The fourth-order valence-corrected chi connectivity index (χ4v) is 3.26. The molecule has 2 aliphatic rings. The number of nitrogens with one attached hydrogen (secondary N) is 1. The Balaban J connectivity index is 2.02. The average molecular weight is 227 g/mol. The number of rotatable bonds is 1. The second kappa shape index (κ2) is 4.05. The lowest BCUT2D eigenvalue weighted by molar-refractivity contribution is 0.578. The molecule has 3 nitrogen and oxygen atoms in total. The van der Waals surface area contributed by atoms with Gasteiger partial charge in [-0.2, -0.15) is 5.26 Å². The van der Waals surface area contributed by atoms with Crippen molar-refractivity contribution in [3.63, 3.8) is 0 Å². The van der Waals surface area contributed by atoms with Gasteiger partial charge in [0.1, 0.15) is 6.07 Å². The second-order valence-corrected chi connectivity index (χ2v) is 5.05. The van der Waals surface area contributed by atoms with E-state index in [1.165, 1.54) is 12.0 Å². The normalized spacial score (nSPS) is 26.9. The highest BCUT2D eigenvalue weighted by Gasteiger charge is 2.38.